The van der Waals surface area contributed by atoms with E-state index in [1.165, 1.54) is 12.1 Å². The normalized spacial score (nSPS) is 9.71. The minimum atomic E-state index is -0.595. The predicted molar refractivity (Wildman–Crippen MR) is 63.9 cm³/mol. The zero-order valence-electron chi connectivity index (χ0n) is 9.40. The Labute approximate surface area is 98.1 Å². The Morgan fingerprint density at radius 1 is 1.47 bits per heavy atom. The Morgan fingerprint density at radius 2 is 2.18 bits per heavy atom. The number of hydrogen-bond donors (Lipinski definition) is 3. The number of benzene rings is 1. The zero-order valence-corrected chi connectivity index (χ0v) is 9.40. The van der Waals surface area contributed by atoms with Gasteiger partial charge >= 0.3 is 6.03 Å². The van der Waals surface area contributed by atoms with E-state index in [4.69, 9.17) is 5.73 Å². The minimum Gasteiger partial charge on any atom is -0.383 e. The quantitative estimate of drug-likeness (QED) is 0.403. The largest absolute Gasteiger partial charge is 0.383 e. The number of non-ortho nitro benzene ring substituents is 1. The molecule has 17 heavy (non-hydrogen) atoms. The van der Waals surface area contributed by atoms with Crippen LogP contribution in [0.15, 0.2) is 18.2 Å². The van der Waals surface area contributed by atoms with Gasteiger partial charge < -0.3 is 16.4 Å². The maximum Gasteiger partial charge on any atom is 0.312 e. The second-order valence-electron chi connectivity index (χ2n) is 3.47. The van der Waals surface area contributed by atoms with Crippen molar-refractivity contribution in [1.82, 2.24) is 5.32 Å². The molecule has 0 aromatic heterocycles. The average Bonchev–Trinajstić information content (AvgIpc) is 2.25. The summed E-state index contributed by atoms with van der Waals surface area (Å²) in [5, 5.41) is 16.0. The number of carbonyl (C=O) groups excluding carboxylic acids is 1. The molecule has 0 radical (unpaired) electrons. The fourth-order valence-corrected chi connectivity index (χ4v) is 1.30. The highest BCUT2D eigenvalue weighted by molar-refractivity contribution is 5.71. The van der Waals surface area contributed by atoms with Gasteiger partial charge in [-0.15, -0.1) is 0 Å². The average molecular weight is 238 g/mol. The summed E-state index contributed by atoms with van der Waals surface area (Å²) < 4.78 is 0. The van der Waals surface area contributed by atoms with E-state index in [2.05, 4.69) is 10.6 Å². The van der Waals surface area contributed by atoms with Crippen LogP contribution in [0.2, 0.25) is 0 Å². The summed E-state index contributed by atoms with van der Waals surface area (Å²) in [6.45, 7) is 2.65. The van der Waals surface area contributed by atoms with Crippen LogP contribution in [-0.2, 0) is 0 Å². The van der Waals surface area contributed by atoms with Gasteiger partial charge in [-0.1, -0.05) is 6.07 Å². The van der Waals surface area contributed by atoms with Crippen molar-refractivity contribution in [2.24, 2.45) is 5.73 Å². The summed E-state index contributed by atoms with van der Waals surface area (Å²) in [5.74, 6) is 0. The van der Waals surface area contributed by atoms with Crippen molar-refractivity contribution in [2.45, 2.75) is 6.92 Å². The third-order valence-corrected chi connectivity index (χ3v) is 2.17. The van der Waals surface area contributed by atoms with E-state index >= 15 is 0 Å². The topological polar surface area (TPSA) is 110 Å². The fourth-order valence-electron chi connectivity index (χ4n) is 1.30. The van der Waals surface area contributed by atoms with Gasteiger partial charge in [-0.3, -0.25) is 10.1 Å². The molecule has 7 nitrogen and oxygen atoms in total. The molecule has 7 heteroatoms. The first kappa shape index (κ1) is 12.8. The number of nitrogens with two attached hydrogens (primary N) is 1. The second-order valence-corrected chi connectivity index (χ2v) is 3.47. The summed E-state index contributed by atoms with van der Waals surface area (Å²) >= 11 is 0. The second kappa shape index (κ2) is 5.69. The van der Waals surface area contributed by atoms with E-state index in [0.717, 1.165) is 5.56 Å². The van der Waals surface area contributed by atoms with Crippen molar-refractivity contribution in [3.63, 3.8) is 0 Å². The minimum absolute atomic E-state index is 0.0287. The molecule has 0 aliphatic heterocycles. The van der Waals surface area contributed by atoms with Crippen LogP contribution >= 0.6 is 0 Å². The summed E-state index contributed by atoms with van der Waals surface area (Å²) in [5.41, 5.74) is 6.50. The van der Waals surface area contributed by atoms with E-state index in [9.17, 15) is 14.9 Å². The lowest BCUT2D eigenvalue weighted by atomic mass is 10.2. The summed E-state index contributed by atoms with van der Waals surface area (Å²) in [4.78, 5) is 20.6. The van der Waals surface area contributed by atoms with Crippen molar-refractivity contribution in [3.8, 4) is 0 Å². The lowest BCUT2D eigenvalue weighted by molar-refractivity contribution is -0.384. The van der Waals surface area contributed by atoms with Gasteiger partial charge in [0.25, 0.3) is 5.69 Å². The molecule has 0 bridgehead atoms. The number of aryl methyl sites for hydroxylation is 1. The van der Waals surface area contributed by atoms with Crippen molar-refractivity contribution in [1.29, 1.82) is 0 Å². The van der Waals surface area contributed by atoms with E-state index in [-0.39, 0.29) is 5.69 Å². The SMILES string of the molecule is Cc1ccc([N+](=O)[O-])cc1NCCNC(N)=O. The molecule has 0 aliphatic carbocycles. The molecule has 0 aliphatic rings. The Balaban J connectivity index is 2.60. The monoisotopic (exact) mass is 238 g/mol. The third kappa shape index (κ3) is 3.98. The van der Waals surface area contributed by atoms with Crippen LogP contribution in [-0.4, -0.2) is 24.0 Å². The molecule has 0 atom stereocenters. The molecule has 0 saturated carbocycles. The van der Waals surface area contributed by atoms with Crippen LogP contribution in [0.5, 0.6) is 0 Å². The van der Waals surface area contributed by atoms with Gasteiger partial charge in [-0.25, -0.2) is 4.79 Å². The van der Waals surface area contributed by atoms with E-state index in [1.807, 2.05) is 6.92 Å². The fraction of sp³-hybridized carbons (Fsp3) is 0.300. The molecule has 0 saturated heterocycles. The van der Waals surface area contributed by atoms with Gasteiger partial charge in [0.2, 0.25) is 0 Å². The predicted octanol–water partition coefficient (Wildman–Crippen LogP) is 0.983. The van der Waals surface area contributed by atoms with Crippen LogP contribution in [0.25, 0.3) is 0 Å². The molecule has 1 rings (SSSR count). The number of nitro benzene ring substituents is 1. The Kier molecular flexibility index (Phi) is 4.27. The number of nitrogens with one attached hydrogen (secondary N) is 2. The Morgan fingerprint density at radius 3 is 2.76 bits per heavy atom. The number of primary amides is 1. The highest BCUT2D eigenvalue weighted by Gasteiger charge is 2.07. The Hall–Kier alpha value is -2.31. The molecule has 1 aromatic rings. The number of hydrogen-bond acceptors (Lipinski definition) is 4. The molecule has 4 N–H and O–H groups in total. The van der Waals surface area contributed by atoms with Crippen LogP contribution in [0, 0.1) is 17.0 Å². The van der Waals surface area contributed by atoms with Gasteiger partial charge in [0.05, 0.1) is 4.92 Å². The van der Waals surface area contributed by atoms with Gasteiger partial charge in [0.1, 0.15) is 0 Å². The van der Waals surface area contributed by atoms with Crippen LogP contribution < -0.4 is 16.4 Å². The zero-order chi connectivity index (χ0) is 12.8. The van der Waals surface area contributed by atoms with Crippen LogP contribution in [0.3, 0.4) is 0 Å². The van der Waals surface area contributed by atoms with E-state index < -0.39 is 11.0 Å². The molecule has 0 fully saturated rings. The van der Waals surface area contributed by atoms with Crippen molar-refractivity contribution in [2.75, 3.05) is 18.4 Å². The summed E-state index contributed by atoms with van der Waals surface area (Å²) in [7, 11) is 0. The van der Waals surface area contributed by atoms with Gasteiger partial charge in [-0.05, 0) is 12.5 Å². The third-order valence-electron chi connectivity index (χ3n) is 2.17. The maximum absolute atomic E-state index is 10.6. The van der Waals surface area contributed by atoms with E-state index in [0.29, 0.717) is 18.8 Å². The standard InChI is InChI=1S/C10H14N4O3/c1-7-2-3-8(14(16)17)6-9(7)12-4-5-13-10(11)15/h2-3,6,12H,4-5H2,1H3,(H3,11,13,15). The molecule has 0 unspecified atom stereocenters. The number of amides is 2. The summed E-state index contributed by atoms with van der Waals surface area (Å²) in [6, 6.07) is 3.98. The number of rotatable bonds is 5. The molecule has 1 aromatic carbocycles. The van der Waals surface area contributed by atoms with Crippen molar-refractivity contribution in [3.05, 3.63) is 33.9 Å². The van der Waals surface area contributed by atoms with Crippen molar-refractivity contribution < 1.29 is 9.72 Å². The Bertz CT molecular complexity index is 434. The molecular formula is C10H14N4O3. The van der Waals surface area contributed by atoms with Crippen LogP contribution in [0.1, 0.15) is 5.56 Å². The molecule has 2 amide bonds. The first-order valence-corrected chi connectivity index (χ1v) is 5.03. The van der Waals surface area contributed by atoms with Gasteiger partial charge in [0.15, 0.2) is 0 Å². The number of anilines is 1. The highest BCUT2D eigenvalue weighted by atomic mass is 16.6. The summed E-state index contributed by atoms with van der Waals surface area (Å²) in [6.07, 6.45) is 0. The van der Waals surface area contributed by atoms with Crippen molar-refractivity contribution >= 4 is 17.4 Å². The number of urea groups is 1. The van der Waals surface area contributed by atoms with Gasteiger partial charge in [-0.2, -0.15) is 0 Å². The first-order valence-electron chi connectivity index (χ1n) is 5.03. The molecule has 0 heterocycles. The molecule has 92 valence electrons. The lowest BCUT2D eigenvalue weighted by Crippen LogP contribution is -2.33. The van der Waals surface area contributed by atoms with Gasteiger partial charge in [0, 0.05) is 30.9 Å². The smallest absolute Gasteiger partial charge is 0.312 e. The lowest BCUT2D eigenvalue weighted by Gasteiger charge is -2.09. The number of nitrogens with zero attached hydrogens (tertiary/aromatic N) is 1. The van der Waals surface area contributed by atoms with E-state index in [1.54, 1.807) is 6.07 Å². The van der Waals surface area contributed by atoms with Crippen LogP contribution in [0.4, 0.5) is 16.2 Å². The molecular weight excluding hydrogens is 224 g/mol. The number of carbonyl (C=O) groups is 1. The maximum atomic E-state index is 10.6. The highest BCUT2D eigenvalue weighted by Crippen LogP contribution is 2.21. The molecule has 0 spiro atoms. The first-order chi connectivity index (χ1) is 8.00. The number of nitro groups is 1.